The fraction of sp³-hybridized carbons (Fsp3) is 0.100. The van der Waals surface area contributed by atoms with Crippen LogP contribution in [0.5, 0.6) is 0 Å². The van der Waals surface area contributed by atoms with E-state index in [4.69, 9.17) is 22.6 Å². The van der Waals surface area contributed by atoms with Crippen LogP contribution in [0, 0.1) is 17.1 Å². The van der Waals surface area contributed by atoms with Crippen molar-refractivity contribution in [3.8, 4) is 17.2 Å². The summed E-state index contributed by atoms with van der Waals surface area (Å²) in [5, 5.41) is 9.43. The fourth-order valence-corrected chi connectivity index (χ4v) is 3.04. The van der Waals surface area contributed by atoms with Crippen molar-refractivity contribution < 1.29 is 4.39 Å². The van der Waals surface area contributed by atoms with E-state index in [-0.39, 0.29) is 0 Å². The van der Waals surface area contributed by atoms with E-state index in [0.29, 0.717) is 28.3 Å². The highest BCUT2D eigenvalue weighted by Crippen LogP contribution is 2.28. The number of nitrogens with zero attached hydrogens (tertiary/aromatic N) is 2. The third kappa shape index (κ3) is 4.03. The Morgan fingerprint density at radius 1 is 1.16 bits per heavy atom. The number of aromatic nitrogens is 1. The summed E-state index contributed by atoms with van der Waals surface area (Å²) in [5.74, 6) is -0.391. The minimum absolute atomic E-state index is 0.338. The molecule has 1 aromatic heterocycles. The van der Waals surface area contributed by atoms with Gasteiger partial charge in [-0.15, -0.1) is 0 Å². The van der Waals surface area contributed by atoms with Crippen molar-refractivity contribution in [2.24, 2.45) is 5.73 Å². The number of hydrogen-bond donors (Lipinski definition) is 1. The highest BCUT2D eigenvalue weighted by molar-refractivity contribution is 6.30. The van der Waals surface area contributed by atoms with Crippen LogP contribution in [-0.2, 0) is 6.42 Å². The number of halogens is 2. The zero-order valence-electron chi connectivity index (χ0n) is 13.3. The Morgan fingerprint density at radius 3 is 2.76 bits per heavy atom. The van der Waals surface area contributed by atoms with Crippen molar-refractivity contribution >= 4 is 11.6 Å². The summed E-state index contributed by atoms with van der Waals surface area (Å²) < 4.78 is 13.5. The molecule has 1 atom stereocenters. The Hall–Kier alpha value is -2.74. The van der Waals surface area contributed by atoms with E-state index >= 15 is 0 Å². The Morgan fingerprint density at radius 2 is 2.00 bits per heavy atom. The van der Waals surface area contributed by atoms with Crippen LogP contribution in [0.1, 0.15) is 22.9 Å². The van der Waals surface area contributed by atoms with Gasteiger partial charge in [-0.3, -0.25) is 4.98 Å². The summed E-state index contributed by atoms with van der Waals surface area (Å²) in [6.45, 7) is 0. The van der Waals surface area contributed by atoms with Gasteiger partial charge in [0, 0.05) is 16.8 Å². The smallest absolute Gasteiger partial charge is 0.124 e. The quantitative estimate of drug-likeness (QED) is 0.743. The molecule has 1 heterocycles. The molecule has 0 saturated carbocycles. The lowest BCUT2D eigenvalue weighted by Gasteiger charge is -2.16. The van der Waals surface area contributed by atoms with Gasteiger partial charge < -0.3 is 5.73 Å². The lowest BCUT2D eigenvalue weighted by Crippen LogP contribution is -2.16. The molecule has 124 valence electrons. The maximum absolute atomic E-state index is 13.5. The molecule has 0 spiro atoms. The zero-order chi connectivity index (χ0) is 17.8. The van der Waals surface area contributed by atoms with Crippen LogP contribution in [0.3, 0.4) is 0 Å². The highest BCUT2D eigenvalue weighted by Gasteiger charge is 2.15. The van der Waals surface area contributed by atoms with E-state index in [2.05, 4.69) is 11.1 Å². The molecule has 2 N–H and O–H groups in total. The van der Waals surface area contributed by atoms with Crippen molar-refractivity contribution in [2.45, 2.75) is 12.5 Å². The van der Waals surface area contributed by atoms with Crippen LogP contribution in [0.25, 0.3) is 11.1 Å². The molecule has 0 fully saturated rings. The summed E-state index contributed by atoms with van der Waals surface area (Å²) in [5.41, 5.74) is 10.0. The summed E-state index contributed by atoms with van der Waals surface area (Å²) >= 11 is 5.91. The summed E-state index contributed by atoms with van der Waals surface area (Å²) in [6, 6.07) is 17.1. The monoisotopic (exact) mass is 351 g/mol. The molecule has 1 unspecified atom stereocenters. The van der Waals surface area contributed by atoms with Crippen LogP contribution in [0.2, 0.25) is 5.02 Å². The SMILES string of the molecule is N#Cc1cccc(-c2cccnc2C(N)Cc2cc(F)cc(Cl)c2)c1. The molecule has 3 rings (SSSR count). The molecule has 0 radical (unpaired) electrons. The zero-order valence-corrected chi connectivity index (χ0v) is 14.0. The van der Waals surface area contributed by atoms with Gasteiger partial charge in [0.1, 0.15) is 5.82 Å². The topological polar surface area (TPSA) is 62.7 Å². The highest BCUT2D eigenvalue weighted by atomic mass is 35.5. The summed E-state index contributed by atoms with van der Waals surface area (Å²) in [6.07, 6.45) is 2.07. The third-order valence-corrected chi connectivity index (χ3v) is 4.09. The first-order valence-electron chi connectivity index (χ1n) is 7.73. The molecule has 0 amide bonds. The van der Waals surface area contributed by atoms with Gasteiger partial charge in [0.05, 0.1) is 23.4 Å². The molecule has 0 bridgehead atoms. The maximum Gasteiger partial charge on any atom is 0.124 e. The van der Waals surface area contributed by atoms with Crippen LogP contribution >= 0.6 is 11.6 Å². The van der Waals surface area contributed by atoms with Gasteiger partial charge in [0.15, 0.2) is 0 Å². The number of pyridine rings is 1. The van der Waals surface area contributed by atoms with E-state index in [0.717, 1.165) is 11.1 Å². The van der Waals surface area contributed by atoms with E-state index < -0.39 is 11.9 Å². The number of rotatable bonds is 4. The average Bonchev–Trinajstić information content (AvgIpc) is 2.61. The van der Waals surface area contributed by atoms with Crippen molar-refractivity contribution in [3.63, 3.8) is 0 Å². The molecule has 0 aliphatic rings. The minimum atomic E-state index is -0.431. The van der Waals surface area contributed by atoms with Gasteiger partial charge in [-0.05, 0) is 53.9 Å². The Bertz CT molecular complexity index is 929. The van der Waals surface area contributed by atoms with E-state index in [9.17, 15) is 4.39 Å². The predicted octanol–water partition coefficient (Wildman–Crippen LogP) is 4.66. The van der Waals surface area contributed by atoms with E-state index in [1.807, 2.05) is 24.3 Å². The van der Waals surface area contributed by atoms with Gasteiger partial charge in [-0.2, -0.15) is 5.26 Å². The van der Waals surface area contributed by atoms with Gasteiger partial charge in [-0.1, -0.05) is 29.8 Å². The molecule has 0 saturated heterocycles. The molecular formula is C20H15ClFN3. The van der Waals surface area contributed by atoms with Crippen LogP contribution in [0.15, 0.2) is 60.8 Å². The number of nitrogens with two attached hydrogens (primary N) is 1. The average molecular weight is 352 g/mol. The molecule has 3 aromatic rings. The van der Waals surface area contributed by atoms with Crippen molar-refractivity contribution in [1.29, 1.82) is 5.26 Å². The Kier molecular flexibility index (Phi) is 5.08. The third-order valence-electron chi connectivity index (χ3n) is 3.87. The van der Waals surface area contributed by atoms with Gasteiger partial charge in [-0.25, -0.2) is 4.39 Å². The molecule has 3 nitrogen and oxygen atoms in total. The van der Waals surface area contributed by atoms with Crippen LogP contribution in [-0.4, -0.2) is 4.98 Å². The predicted molar refractivity (Wildman–Crippen MR) is 96.4 cm³/mol. The lowest BCUT2D eigenvalue weighted by molar-refractivity contribution is 0.621. The van der Waals surface area contributed by atoms with E-state index in [1.54, 1.807) is 24.4 Å². The van der Waals surface area contributed by atoms with Crippen LogP contribution in [0.4, 0.5) is 4.39 Å². The lowest BCUT2D eigenvalue weighted by atomic mass is 9.95. The summed E-state index contributed by atoms with van der Waals surface area (Å²) in [7, 11) is 0. The summed E-state index contributed by atoms with van der Waals surface area (Å²) in [4.78, 5) is 4.42. The molecule has 2 aromatic carbocycles. The first-order chi connectivity index (χ1) is 12.1. The van der Waals surface area contributed by atoms with Crippen LogP contribution < -0.4 is 5.73 Å². The van der Waals surface area contributed by atoms with Crippen molar-refractivity contribution in [3.05, 3.63) is 88.5 Å². The number of benzene rings is 2. The molecule has 0 aliphatic heterocycles. The van der Waals surface area contributed by atoms with Gasteiger partial charge in [0.2, 0.25) is 0 Å². The van der Waals surface area contributed by atoms with Gasteiger partial charge in [0.25, 0.3) is 0 Å². The number of hydrogen-bond acceptors (Lipinski definition) is 3. The standard InChI is InChI=1S/C20H15ClFN3/c21-16-8-14(9-17(22)11-16)10-19(24)20-18(5-2-6-25-20)15-4-1-3-13(7-15)12-23/h1-9,11,19H,10,24H2. The number of nitriles is 1. The normalized spacial score (nSPS) is 11.8. The fourth-order valence-electron chi connectivity index (χ4n) is 2.79. The maximum atomic E-state index is 13.5. The second-order valence-electron chi connectivity index (χ2n) is 5.72. The second-order valence-corrected chi connectivity index (χ2v) is 6.15. The minimum Gasteiger partial charge on any atom is -0.322 e. The molecular weight excluding hydrogens is 337 g/mol. The first kappa shape index (κ1) is 17.1. The molecule has 0 aliphatic carbocycles. The Labute approximate surface area is 150 Å². The van der Waals surface area contributed by atoms with Crippen molar-refractivity contribution in [1.82, 2.24) is 4.98 Å². The van der Waals surface area contributed by atoms with Gasteiger partial charge >= 0.3 is 0 Å². The molecule has 5 heteroatoms. The Balaban J connectivity index is 1.96. The largest absolute Gasteiger partial charge is 0.322 e. The van der Waals surface area contributed by atoms with Crippen molar-refractivity contribution in [2.75, 3.05) is 0 Å². The van der Waals surface area contributed by atoms with E-state index in [1.165, 1.54) is 12.1 Å². The molecule has 25 heavy (non-hydrogen) atoms. The second kappa shape index (κ2) is 7.43. The first-order valence-corrected chi connectivity index (χ1v) is 8.10.